The number of aryl methyl sites for hydroxylation is 2. The molecule has 3 rings (SSSR count). The van der Waals surface area contributed by atoms with Crippen LogP contribution in [-0.4, -0.2) is 5.91 Å². The van der Waals surface area contributed by atoms with Crippen LogP contribution in [0, 0.1) is 6.92 Å². The number of carbonyl (C=O) groups excluding carboxylic acids is 1. The van der Waals surface area contributed by atoms with E-state index in [4.69, 9.17) is 11.6 Å². The lowest BCUT2D eigenvalue weighted by molar-refractivity contribution is -0.116. The van der Waals surface area contributed by atoms with Crippen molar-refractivity contribution in [2.45, 2.75) is 19.8 Å². The van der Waals surface area contributed by atoms with E-state index in [-0.39, 0.29) is 5.91 Å². The normalized spacial score (nSPS) is 10.4. The number of para-hydroxylation sites is 2. The maximum Gasteiger partial charge on any atom is 0.224 e. The molecule has 0 saturated heterocycles. The van der Waals surface area contributed by atoms with E-state index in [1.165, 1.54) is 5.56 Å². The molecular formula is C22H21ClN2O. The molecule has 0 fully saturated rings. The first-order valence-corrected chi connectivity index (χ1v) is 8.95. The molecule has 0 unspecified atom stereocenters. The third-order valence-corrected chi connectivity index (χ3v) is 4.34. The highest BCUT2D eigenvalue weighted by Crippen LogP contribution is 2.25. The van der Waals surface area contributed by atoms with Gasteiger partial charge in [0.1, 0.15) is 0 Å². The average molecular weight is 365 g/mol. The van der Waals surface area contributed by atoms with Crippen LogP contribution in [0.2, 0.25) is 5.02 Å². The summed E-state index contributed by atoms with van der Waals surface area (Å²) in [5.74, 6) is -0.0156. The molecule has 0 bridgehead atoms. The van der Waals surface area contributed by atoms with Crippen LogP contribution in [0.3, 0.4) is 0 Å². The predicted molar refractivity (Wildman–Crippen MR) is 109 cm³/mol. The molecule has 3 aromatic rings. The van der Waals surface area contributed by atoms with Crippen molar-refractivity contribution in [1.82, 2.24) is 0 Å². The summed E-state index contributed by atoms with van der Waals surface area (Å²) in [5, 5.41) is 7.06. The van der Waals surface area contributed by atoms with E-state index in [1.807, 2.05) is 60.7 Å². The Morgan fingerprint density at radius 2 is 1.54 bits per heavy atom. The van der Waals surface area contributed by atoms with E-state index >= 15 is 0 Å². The van der Waals surface area contributed by atoms with Gasteiger partial charge in [0.2, 0.25) is 5.91 Å². The van der Waals surface area contributed by atoms with Gasteiger partial charge < -0.3 is 10.6 Å². The van der Waals surface area contributed by atoms with Gasteiger partial charge in [-0.1, -0.05) is 53.6 Å². The molecule has 0 aliphatic carbocycles. The summed E-state index contributed by atoms with van der Waals surface area (Å²) >= 11 is 5.89. The molecular weight excluding hydrogens is 344 g/mol. The largest absolute Gasteiger partial charge is 0.354 e. The zero-order chi connectivity index (χ0) is 18.4. The van der Waals surface area contributed by atoms with E-state index in [0.717, 1.165) is 22.6 Å². The lowest BCUT2D eigenvalue weighted by Crippen LogP contribution is -2.13. The van der Waals surface area contributed by atoms with Crippen molar-refractivity contribution in [3.05, 3.63) is 88.9 Å². The summed E-state index contributed by atoms with van der Waals surface area (Å²) in [5.41, 5.74) is 4.93. The van der Waals surface area contributed by atoms with Gasteiger partial charge in [-0.05, 0) is 55.3 Å². The number of anilines is 3. The number of hydrogen-bond acceptors (Lipinski definition) is 2. The fourth-order valence-electron chi connectivity index (χ4n) is 2.62. The zero-order valence-corrected chi connectivity index (χ0v) is 15.4. The molecule has 0 aliphatic heterocycles. The van der Waals surface area contributed by atoms with Gasteiger partial charge in [-0.15, -0.1) is 0 Å². The van der Waals surface area contributed by atoms with Gasteiger partial charge in [0.05, 0.1) is 11.4 Å². The summed E-state index contributed by atoms with van der Waals surface area (Å²) in [6.07, 6.45) is 1.09. The fraction of sp³-hybridized carbons (Fsp3) is 0.136. The minimum atomic E-state index is -0.0156. The van der Waals surface area contributed by atoms with Crippen LogP contribution < -0.4 is 10.6 Å². The van der Waals surface area contributed by atoms with Crippen molar-refractivity contribution >= 4 is 34.6 Å². The van der Waals surface area contributed by atoms with Crippen LogP contribution in [0.15, 0.2) is 72.8 Å². The lowest BCUT2D eigenvalue weighted by atomic mass is 10.1. The molecule has 0 spiro atoms. The SMILES string of the molecule is Cc1ccc(Nc2ccccc2NC(=O)CCc2ccc(Cl)cc2)cc1. The summed E-state index contributed by atoms with van der Waals surface area (Å²) in [6.45, 7) is 2.05. The highest BCUT2D eigenvalue weighted by molar-refractivity contribution is 6.30. The van der Waals surface area contributed by atoms with Gasteiger partial charge >= 0.3 is 0 Å². The van der Waals surface area contributed by atoms with Crippen molar-refractivity contribution in [2.24, 2.45) is 0 Å². The lowest BCUT2D eigenvalue weighted by Gasteiger charge is -2.13. The summed E-state index contributed by atoms with van der Waals surface area (Å²) in [6, 6.07) is 23.4. The second-order valence-electron chi connectivity index (χ2n) is 6.21. The molecule has 3 aromatic carbocycles. The molecule has 4 heteroatoms. The van der Waals surface area contributed by atoms with Gasteiger partial charge in [-0.25, -0.2) is 0 Å². The first kappa shape index (κ1) is 18.0. The summed E-state index contributed by atoms with van der Waals surface area (Å²) < 4.78 is 0. The van der Waals surface area contributed by atoms with Crippen LogP contribution in [0.5, 0.6) is 0 Å². The zero-order valence-electron chi connectivity index (χ0n) is 14.6. The molecule has 0 aromatic heterocycles. The Morgan fingerprint density at radius 1 is 0.885 bits per heavy atom. The van der Waals surface area contributed by atoms with E-state index in [0.29, 0.717) is 17.9 Å². The Labute approximate surface area is 159 Å². The average Bonchev–Trinajstić information content (AvgIpc) is 2.65. The number of benzene rings is 3. The van der Waals surface area contributed by atoms with Crippen LogP contribution in [0.4, 0.5) is 17.1 Å². The molecule has 0 radical (unpaired) electrons. The van der Waals surface area contributed by atoms with Gasteiger partial charge in [-0.2, -0.15) is 0 Å². The first-order chi connectivity index (χ1) is 12.6. The van der Waals surface area contributed by atoms with Gasteiger partial charge in [0, 0.05) is 17.1 Å². The number of amides is 1. The van der Waals surface area contributed by atoms with Gasteiger partial charge in [0.15, 0.2) is 0 Å². The summed E-state index contributed by atoms with van der Waals surface area (Å²) in [7, 11) is 0. The molecule has 2 N–H and O–H groups in total. The van der Waals surface area contributed by atoms with Crippen LogP contribution in [0.25, 0.3) is 0 Å². The maximum atomic E-state index is 12.3. The molecule has 0 aliphatic rings. The molecule has 3 nitrogen and oxygen atoms in total. The highest BCUT2D eigenvalue weighted by Gasteiger charge is 2.07. The molecule has 26 heavy (non-hydrogen) atoms. The van der Waals surface area contributed by atoms with Crippen molar-refractivity contribution in [3.8, 4) is 0 Å². The maximum absolute atomic E-state index is 12.3. The van der Waals surface area contributed by atoms with Crippen LogP contribution in [0.1, 0.15) is 17.5 Å². The standard InChI is InChI=1S/C22H21ClN2O/c1-16-6-13-19(14-7-16)24-20-4-2-3-5-21(20)25-22(26)15-10-17-8-11-18(23)12-9-17/h2-9,11-14,24H,10,15H2,1H3,(H,25,26). The van der Waals surface area contributed by atoms with Gasteiger partial charge in [0.25, 0.3) is 0 Å². The third kappa shape index (κ3) is 5.11. The van der Waals surface area contributed by atoms with Gasteiger partial charge in [-0.3, -0.25) is 4.79 Å². The Morgan fingerprint density at radius 3 is 2.23 bits per heavy atom. The third-order valence-electron chi connectivity index (χ3n) is 4.09. The number of rotatable bonds is 6. The predicted octanol–water partition coefficient (Wildman–Crippen LogP) is 5.96. The first-order valence-electron chi connectivity index (χ1n) is 8.57. The second kappa shape index (κ2) is 8.54. The van der Waals surface area contributed by atoms with Crippen molar-refractivity contribution in [1.29, 1.82) is 0 Å². The molecule has 0 saturated carbocycles. The summed E-state index contributed by atoms with van der Waals surface area (Å²) in [4.78, 5) is 12.3. The molecule has 0 heterocycles. The smallest absolute Gasteiger partial charge is 0.224 e. The van der Waals surface area contributed by atoms with Crippen molar-refractivity contribution < 1.29 is 4.79 Å². The van der Waals surface area contributed by atoms with E-state index in [2.05, 4.69) is 29.7 Å². The van der Waals surface area contributed by atoms with Crippen LogP contribution in [-0.2, 0) is 11.2 Å². The number of hydrogen-bond donors (Lipinski definition) is 2. The Hall–Kier alpha value is -2.78. The monoisotopic (exact) mass is 364 g/mol. The van der Waals surface area contributed by atoms with Crippen molar-refractivity contribution in [2.75, 3.05) is 10.6 Å². The Kier molecular flexibility index (Phi) is 5.92. The molecule has 0 atom stereocenters. The van der Waals surface area contributed by atoms with Crippen molar-refractivity contribution in [3.63, 3.8) is 0 Å². The van der Waals surface area contributed by atoms with Crippen LogP contribution >= 0.6 is 11.6 Å². The highest BCUT2D eigenvalue weighted by atomic mass is 35.5. The minimum Gasteiger partial charge on any atom is -0.354 e. The Balaban J connectivity index is 1.62. The van der Waals surface area contributed by atoms with E-state index in [1.54, 1.807) is 0 Å². The number of carbonyl (C=O) groups is 1. The minimum absolute atomic E-state index is 0.0156. The second-order valence-corrected chi connectivity index (χ2v) is 6.65. The molecule has 132 valence electrons. The fourth-order valence-corrected chi connectivity index (χ4v) is 2.74. The van der Waals surface area contributed by atoms with E-state index < -0.39 is 0 Å². The molecule has 1 amide bonds. The van der Waals surface area contributed by atoms with E-state index in [9.17, 15) is 4.79 Å². The Bertz CT molecular complexity index is 873. The quantitative estimate of drug-likeness (QED) is 0.566. The number of nitrogens with one attached hydrogen (secondary N) is 2. The topological polar surface area (TPSA) is 41.1 Å². The number of halogens is 1.